The molecule has 1 amide bonds. The second kappa shape index (κ2) is 8.88. The summed E-state index contributed by atoms with van der Waals surface area (Å²) in [7, 11) is -3.53. The third kappa shape index (κ3) is 4.67. The molecule has 10 heteroatoms. The van der Waals surface area contributed by atoms with Crippen molar-refractivity contribution < 1.29 is 13.2 Å². The zero-order valence-electron chi connectivity index (χ0n) is 16.2. The summed E-state index contributed by atoms with van der Waals surface area (Å²) in [6.45, 7) is 3.15. The van der Waals surface area contributed by atoms with Crippen molar-refractivity contribution in [3.05, 3.63) is 51.1 Å². The molecular formula is C20H20BrN3O3S3. The molecule has 1 aliphatic rings. The first kappa shape index (κ1) is 21.6. The van der Waals surface area contributed by atoms with Gasteiger partial charge in [0.25, 0.3) is 5.91 Å². The van der Waals surface area contributed by atoms with Gasteiger partial charge in [-0.2, -0.15) is 4.31 Å². The highest BCUT2D eigenvalue weighted by Crippen LogP contribution is 2.33. The van der Waals surface area contributed by atoms with Gasteiger partial charge in [0.2, 0.25) is 10.0 Å². The van der Waals surface area contributed by atoms with Crippen molar-refractivity contribution in [1.29, 1.82) is 0 Å². The van der Waals surface area contributed by atoms with Gasteiger partial charge < -0.3 is 0 Å². The Kier molecular flexibility index (Phi) is 6.40. The summed E-state index contributed by atoms with van der Waals surface area (Å²) in [6.07, 6.45) is 1.92. The summed E-state index contributed by atoms with van der Waals surface area (Å²) in [5, 5.41) is 5.17. The lowest BCUT2D eigenvalue weighted by atomic mass is 10.0. The standard InChI is InChI=1S/C20H20BrN3O3S3/c1-13-3-2-10-24(11-13)30(26,27)15-6-4-14(5-7-15)19(25)23-20-22-16(12-28-20)17-8-9-18(21)29-17/h4-9,12-13H,2-3,10-11H2,1H3,(H,22,23,25)/t13-/m1/s1. The number of sulfonamides is 1. The van der Waals surface area contributed by atoms with Crippen molar-refractivity contribution in [2.45, 2.75) is 24.7 Å². The van der Waals surface area contributed by atoms with E-state index < -0.39 is 10.0 Å². The summed E-state index contributed by atoms with van der Waals surface area (Å²) in [4.78, 5) is 18.2. The molecule has 0 spiro atoms. The van der Waals surface area contributed by atoms with Gasteiger partial charge in [0, 0.05) is 24.0 Å². The number of aromatic nitrogens is 1. The molecule has 158 valence electrons. The number of hydrogen-bond donors (Lipinski definition) is 1. The molecule has 1 aromatic carbocycles. The summed E-state index contributed by atoms with van der Waals surface area (Å²) in [5.41, 5.74) is 1.19. The van der Waals surface area contributed by atoms with Gasteiger partial charge in [-0.15, -0.1) is 22.7 Å². The summed E-state index contributed by atoms with van der Waals surface area (Å²) < 4.78 is 28.3. The van der Waals surface area contributed by atoms with Crippen LogP contribution in [0.25, 0.3) is 10.6 Å². The van der Waals surface area contributed by atoms with Crippen LogP contribution in [0.3, 0.4) is 0 Å². The Balaban J connectivity index is 1.45. The minimum Gasteiger partial charge on any atom is -0.298 e. The van der Waals surface area contributed by atoms with E-state index in [1.807, 2.05) is 17.5 Å². The minimum absolute atomic E-state index is 0.216. The normalized spacial score (nSPS) is 17.7. The zero-order valence-corrected chi connectivity index (χ0v) is 20.2. The predicted molar refractivity (Wildman–Crippen MR) is 125 cm³/mol. The van der Waals surface area contributed by atoms with Gasteiger partial charge in [0.05, 0.1) is 19.3 Å². The van der Waals surface area contributed by atoms with Crippen LogP contribution in [0.15, 0.2) is 50.5 Å². The van der Waals surface area contributed by atoms with Gasteiger partial charge in [-0.25, -0.2) is 13.4 Å². The van der Waals surface area contributed by atoms with Crippen molar-refractivity contribution in [3.8, 4) is 10.6 Å². The fourth-order valence-corrected chi connectivity index (χ4v) is 7.08. The molecule has 6 nitrogen and oxygen atoms in total. The number of thiophene rings is 1. The SMILES string of the molecule is C[C@@H]1CCCN(S(=O)(=O)c2ccc(C(=O)Nc3nc(-c4ccc(Br)s4)cs3)cc2)C1. The third-order valence-corrected chi connectivity index (χ3v) is 9.21. The number of benzene rings is 1. The van der Waals surface area contributed by atoms with Crippen molar-refractivity contribution in [3.63, 3.8) is 0 Å². The highest BCUT2D eigenvalue weighted by molar-refractivity contribution is 9.11. The largest absolute Gasteiger partial charge is 0.298 e. The molecule has 30 heavy (non-hydrogen) atoms. The van der Waals surface area contributed by atoms with Crippen LogP contribution in [0.4, 0.5) is 5.13 Å². The molecule has 0 bridgehead atoms. The fourth-order valence-electron chi connectivity index (χ4n) is 3.36. The number of anilines is 1. The van der Waals surface area contributed by atoms with E-state index in [1.54, 1.807) is 23.5 Å². The van der Waals surface area contributed by atoms with E-state index in [0.29, 0.717) is 29.7 Å². The van der Waals surface area contributed by atoms with Crippen LogP contribution in [0, 0.1) is 5.92 Å². The first-order chi connectivity index (χ1) is 14.3. The van der Waals surface area contributed by atoms with Gasteiger partial charge in [0.15, 0.2) is 5.13 Å². The molecule has 0 saturated carbocycles. The highest BCUT2D eigenvalue weighted by Gasteiger charge is 2.28. The second-order valence-corrected chi connectivity index (χ2v) is 12.5. The van der Waals surface area contributed by atoms with Crippen LogP contribution >= 0.6 is 38.6 Å². The number of carbonyl (C=O) groups excluding carboxylic acids is 1. The van der Waals surface area contributed by atoms with Gasteiger partial charge in [0.1, 0.15) is 0 Å². The molecule has 3 aromatic rings. The predicted octanol–water partition coefficient (Wildman–Crippen LogP) is 5.31. The van der Waals surface area contributed by atoms with Crippen molar-refractivity contribution in [2.24, 2.45) is 5.92 Å². The number of piperidine rings is 1. The van der Waals surface area contributed by atoms with Gasteiger partial charge in [-0.3, -0.25) is 10.1 Å². The number of amides is 1. The van der Waals surface area contributed by atoms with E-state index in [2.05, 4.69) is 33.2 Å². The maximum atomic E-state index is 12.9. The topological polar surface area (TPSA) is 79.4 Å². The molecule has 0 aliphatic carbocycles. The molecule has 1 saturated heterocycles. The zero-order chi connectivity index (χ0) is 21.3. The maximum Gasteiger partial charge on any atom is 0.257 e. The third-order valence-electron chi connectivity index (χ3n) is 4.92. The molecule has 3 heterocycles. The molecule has 1 fully saturated rings. The Morgan fingerprint density at radius 1 is 1.23 bits per heavy atom. The molecule has 1 atom stereocenters. The average molecular weight is 527 g/mol. The van der Waals surface area contributed by atoms with E-state index in [-0.39, 0.29) is 10.8 Å². The Bertz CT molecular complexity index is 1160. The molecule has 0 unspecified atom stereocenters. The lowest BCUT2D eigenvalue weighted by molar-refractivity contribution is 0.102. The van der Waals surface area contributed by atoms with E-state index >= 15 is 0 Å². The highest BCUT2D eigenvalue weighted by atomic mass is 79.9. The van der Waals surface area contributed by atoms with E-state index in [9.17, 15) is 13.2 Å². The number of rotatable bonds is 5. The first-order valence-electron chi connectivity index (χ1n) is 9.46. The number of thiazole rings is 1. The monoisotopic (exact) mass is 525 g/mol. The minimum atomic E-state index is -3.53. The lowest BCUT2D eigenvalue weighted by Gasteiger charge is -2.30. The summed E-state index contributed by atoms with van der Waals surface area (Å²) in [5.74, 6) is 0.0378. The molecule has 4 rings (SSSR count). The first-order valence-corrected chi connectivity index (χ1v) is 13.4. The Hall–Kier alpha value is -1.59. The van der Waals surface area contributed by atoms with E-state index in [0.717, 1.165) is 27.2 Å². The van der Waals surface area contributed by atoms with E-state index in [4.69, 9.17) is 0 Å². The average Bonchev–Trinajstić information content (AvgIpc) is 3.37. The van der Waals surface area contributed by atoms with E-state index in [1.165, 1.54) is 27.8 Å². The number of halogens is 1. The number of nitrogens with one attached hydrogen (secondary N) is 1. The molecule has 0 radical (unpaired) electrons. The lowest BCUT2D eigenvalue weighted by Crippen LogP contribution is -2.39. The maximum absolute atomic E-state index is 12.9. The van der Waals surface area contributed by atoms with Crippen LogP contribution in [0.2, 0.25) is 0 Å². The van der Waals surface area contributed by atoms with Gasteiger partial charge in [-0.1, -0.05) is 6.92 Å². The molecule has 1 aliphatic heterocycles. The van der Waals surface area contributed by atoms with Crippen molar-refractivity contribution in [1.82, 2.24) is 9.29 Å². The quantitative estimate of drug-likeness (QED) is 0.489. The number of nitrogens with zero attached hydrogens (tertiary/aromatic N) is 2. The Morgan fingerprint density at radius 2 is 2.00 bits per heavy atom. The molecule has 1 N–H and O–H groups in total. The summed E-state index contributed by atoms with van der Waals surface area (Å²) in [6, 6.07) is 10.0. The van der Waals surface area contributed by atoms with Crippen LogP contribution in [-0.2, 0) is 10.0 Å². The second-order valence-electron chi connectivity index (χ2n) is 7.23. The Morgan fingerprint density at radius 3 is 2.67 bits per heavy atom. The number of hydrogen-bond acceptors (Lipinski definition) is 6. The van der Waals surface area contributed by atoms with Crippen LogP contribution < -0.4 is 5.32 Å². The van der Waals surface area contributed by atoms with Crippen LogP contribution in [-0.4, -0.2) is 36.7 Å². The fraction of sp³-hybridized carbons (Fsp3) is 0.300. The smallest absolute Gasteiger partial charge is 0.257 e. The number of carbonyl (C=O) groups is 1. The van der Waals surface area contributed by atoms with Crippen molar-refractivity contribution in [2.75, 3.05) is 18.4 Å². The van der Waals surface area contributed by atoms with Crippen molar-refractivity contribution >= 4 is 59.7 Å². The van der Waals surface area contributed by atoms with Crippen LogP contribution in [0.5, 0.6) is 0 Å². The summed E-state index contributed by atoms with van der Waals surface area (Å²) >= 11 is 6.35. The van der Waals surface area contributed by atoms with Crippen LogP contribution in [0.1, 0.15) is 30.1 Å². The van der Waals surface area contributed by atoms with Gasteiger partial charge in [-0.05, 0) is 71.1 Å². The Labute approximate surface area is 192 Å². The van der Waals surface area contributed by atoms with Gasteiger partial charge >= 0.3 is 0 Å². The molecule has 2 aromatic heterocycles. The molecular weight excluding hydrogens is 506 g/mol.